The van der Waals surface area contributed by atoms with Gasteiger partial charge in [-0.3, -0.25) is 0 Å². The molecular formula is C15H12F3N3OS. The van der Waals surface area contributed by atoms with Crippen molar-refractivity contribution < 1.29 is 17.4 Å². The minimum absolute atomic E-state index is 0.191. The lowest BCUT2D eigenvalue weighted by molar-refractivity contribution is -0.146. The smallest absolute Gasteiger partial charge is 0.395 e. The van der Waals surface area contributed by atoms with E-state index in [-0.39, 0.29) is 17.1 Å². The summed E-state index contributed by atoms with van der Waals surface area (Å²) in [5.41, 5.74) is 1.25. The van der Waals surface area contributed by atoms with Gasteiger partial charge in [0.25, 0.3) is 0 Å². The van der Waals surface area contributed by atoms with Crippen LogP contribution in [0.1, 0.15) is 29.7 Å². The Labute approximate surface area is 135 Å². The van der Waals surface area contributed by atoms with Gasteiger partial charge >= 0.3 is 6.18 Å². The topological polar surface area (TPSA) is 58.8 Å². The summed E-state index contributed by atoms with van der Waals surface area (Å²) in [6, 6.07) is 11.1. The molecule has 1 atom stereocenters. The Kier molecular flexibility index (Phi) is 5.45. The molecule has 0 aliphatic carbocycles. The quantitative estimate of drug-likeness (QED) is 0.763. The van der Waals surface area contributed by atoms with Crippen molar-refractivity contribution in [3.63, 3.8) is 0 Å². The van der Waals surface area contributed by atoms with Crippen LogP contribution in [-0.4, -0.2) is 16.4 Å². The number of rotatable bonds is 5. The van der Waals surface area contributed by atoms with Crippen LogP contribution in [0.4, 0.5) is 13.2 Å². The fraction of sp³-hybridized carbons (Fsp3) is 0.267. The molecule has 120 valence electrons. The van der Waals surface area contributed by atoms with E-state index in [0.29, 0.717) is 5.75 Å². The molecule has 4 nitrogen and oxygen atoms in total. The lowest BCUT2D eigenvalue weighted by Gasteiger charge is -2.16. The molecule has 0 spiro atoms. The summed E-state index contributed by atoms with van der Waals surface area (Å²) >= 11 is 1.09. The van der Waals surface area contributed by atoms with Crippen molar-refractivity contribution in [1.29, 1.82) is 5.26 Å². The van der Waals surface area contributed by atoms with Crippen LogP contribution < -0.4 is 4.18 Å². The van der Waals surface area contributed by atoms with Gasteiger partial charge in [-0.05, 0) is 24.1 Å². The Morgan fingerprint density at radius 1 is 1.17 bits per heavy atom. The van der Waals surface area contributed by atoms with E-state index in [9.17, 15) is 13.2 Å². The van der Waals surface area contributed by atoms with Crippen molar-refractivity contribution in [2.75, 3.05) is 0 Å². The number of aromatic nitrogens is 2. The Bertz CT molecular complexity index is 681. The molecule has 2 rings (SSSR count). The van der Waals surface area contributed by atoms with Gasteiger partial charge in [-0.15, -0.1) is 10.2 Å². The zero-order chi connectivity index (χ0) is 16.9. The average Bonchev–Trinajstić information content (AvgIpc) is 2.54. The number of nitrogens with zero attached hydrogens (tertiary/aromatic N) is 3. The van der Waals surface area contributed by atoms with Crippen LogP contribution in [0.2, 0.25) is 0 Å². The van der Waals surface area contributed by atoms with Crippen LogP contribution in [0.15, 0.2) is 36.4 Å². The van der Waals surface area contributed by atoms with E-state index in [1.807, 2.05) is 6.07 Å². The van der Waals surface area contributed by atoms with Crippen molar-refractivity contribution in [3.05, 3.63) is 53.2 Å². The Hall–Kier alpha value is -2.27. The first-order valence-corrected chi connectivity index (χ1v) is 7.50. The van der Waals surface area contributed by atoms with Crippen LogP contribution in [-0.2, 0) is 5.75 Å². The third-order valence-corrected chi connectivity index (χ3v) is 3.84. The second kappa shape index (κ2) is 7.33. The first-order valence-electron chi connectivity index (χ1n) is 6.59. The van der Waals surface area contributed by atoms with Gasteiger partial charge in [0.05, 0.1) is 23.7 Å². The number of nitriles is 1. The monoisotopic (exact) mass is 339 g/mol. The second-order valence-electron chi connectivity index (χ2n) is 4.72. The van der Waals surface area contributed by atoms with Crippen molar-refractivity contribution in [2.45, 2.75) is 24.8 Å². The molecule has 0 radical (unpaired) electrons. The van der Waals surface area contributed by atoms with Gasteiger partial charge in [-0.2, -0.15) is 18.4 Å². The lowest BCUT2D eigenvalue weighted by Crippen LogP contribution is -2.17. The minimum atomic E-state index is -4.24. The number of halogens is 3. The van der Waals surface area contributed by atoms with Crippen molar-refractivity contribution in [1.82, 2.24) is 10.2 Å². The molecule has 0 amide bonds. The van der Waals surface area contributed by atoms with Gasteiger partial charge in [0, 0.05) is 6.07 Å². The molecular weight excluding hydrogens is 327 g/mol. The first kappa shape index (κ1) is 17.1. The molecule has 2 aromatic rings. The molecule has 1 unspecified atom stereocenters. The van der Waals surface area contributed by atoms with Crippen LogP contribution in [0, 0.1) is 11.3 Å². The minimum Gasteiger partial charge on any atom is -0.404 e. The standard InChI is InChI=1S/C15H12F3N3OS/c1-10(15(16,17)18)12-4-2-11(3-5-12)9-23-22-14-7-6-13(8-19)20-21-14/h2-7,10H,9H2,1H3. The van der Waals surface area contributed by atoms with Gasteiger partial charge in [0.15, 0.2) is 5.69 Å². The maximum Gasteiger partial charge on any atom is 0.395 e. The summed E-state index contributed by atoms with van der Waals surface area (Å²) in [5.74, 6) is -0.784. The number of benzene rings is 1. The first-order chi connectivity index (χ1) is 10.9. The highest BCUT2D eigenvalue weighted by Crippen LogP contribution is 2.34. The van der Waals surface area contributed by atoms with E-state index in [0.717, 1.165) is 24.5 Å². The van der Waals surface area contributed by atoms with Crippen molar-refractivity contribution >= 4 is 12.0 Å². The molecule has 0 fully saturated rings. The summed E-state index contributed by atoms with van der Waals surface area (Å²) in [4.78, 5) is 0. The van der Waals surface area contributed by atoms with E-state index >= 15 is 0 Å². The summed E-state index contributed by atoms with van der Waals surface area (Å²) < 4.78 is 43.2. The van der Waals surface area contributed by atoms with Gasteiger partial charge in [-0.25, -0.2) is 0 Å². The summed E-state index contributed by atoms with van der Waals surface area (Å²) in [5, 5.41) is 15.9. The summed E-state index contributed by atoms with van der Waals surface area (Å²) in [6.07, 6.45) is -4.24. The highest BCUT2D eigenvalue weighted by atomic mass is 32.2. The number of hydrogen-bond acceptors (Lipinski definition) is 5. The third kappa shape index (κ3) is 4.86. The average molecular weight is 339 g/mol. The Morgan fingerprint density at radius 3 is 2.39 bits per heavy atom. The van der Waals surface area contributed by atoms with Crippen molar-refractivity contribution in [3.8, 4) is 11.9 Å². The van der Waals surface area contributed by atoms with Gasteiger partial charge < -0.3 is 4.18 Å². The van der Waals surface area contributed by atoms with Crippen LogP contribution in [0.5, 0.6) is 5.88 Å². The SMILES string of the molecule is CC(c1ccc(CSOc2ccc(C#N)nn2)cc1)C(F)(F)F. The predicted octanol–water partition coefficient (Wildman–Crippen LogP) is 4.24. The van der Waals surface area contributed by atoms with Gasteiger partial charge in [0.1, 0.15) is 6.07 Å². The lowest BCUT2D eigenvalue weighted by atomic mass is 10.00. The van der Waals surface area contributed by atoms with Crippen LogP contribution in [0.3, 0.4) is 0 Å². The van der Waals surface area contributed by atoms with E-state index in [4.69, 9.17) is 9.44 Å². The number of hydrogen-bond donors (Lipinski definition) is 0. The van der Waals surface area contributed by atoms with Crippen LogP contribution >= 0.6 is 12.0 Å². The predicted molar refractivity (Wildman–Crippen MR) is 79.6 cm³/mol. The van der Waals surface area contributed by atoms with Gasteiger partial charge in [0.2, 0.25) is 5.88 Å². The molecule has 1 aromatic carbocycles. The zero-order valence-corrected chi connectivity index (χ0v) is 12.9. The molecule has 0 saturated heterocycles. The molecule has 0 aliphatic rings. The molecule has 0 saturated carbocycles. The normalized spacial score (nSPS) is 12.5. The maximum absolute atomic E-state index is 12.6. The zero-order valence-electron chi connectivity index (χ0n) is 12.0. The Morgan fingerprint density at radius 2 is 1.87 bits per heavy atom. The molecule has 1 heterocycles. The molecule has 0 aliphatic heterocycles. The highest BCUT2D eigenvalue weighted by Gasteiger charge is 2.36. The molecule has 0 bridgehead atoms. The Balaban J connectivity index is 1.88. The third-order valence-electron chi connectivity index (χ3n) is 3.10. The van der Waals surface area contributed by atoms with Gasteiger partial charge in [-0.1, -0.05) is 24.3 Å². The number of alkyl halides is 3. The summed E-state index contributed by atoms with van der Waals surface area (Å²) in [7, 11) is 0. The largest absolute Gasteiger partial charge is 0.404 e. The highest BCUT2D eigenvalue weighted by molar-refractivity contribution is 7.94. The molecule has 23 heavy (non-hydrogen) atoms. The van der Waals surface area contributed by atoms with E-state index in [1.165, 1.54) is 24.3 Å². The van der Waals surface area contributed by atoms with Crippen molar-refractivity contribution in [2.24, 2.45) is 0 Å². The summed E-state index contributed by atoms with van der Waals surface area (Å²) in [6.45, 7) is 1.14. The van der Waals surface area contributed by atoms with E-state index < -0.39 is 12.1 Å². The van der Waals surface area contributed by atoms with E-state index in [1.54, 1.807) is 12.1 Å². The molecule has 0 N–H and O–H groups in total. The second-order valence-corrected chi connectivity index (χ2v) is 5.41. The maximum atomic E-state index is 12.6. The van der Waals surface area contributed by atoms with E-state index in [2.05, 4.69) is 10.2 Å². The fourth-order valence-electron chi connectivity index (χ4n) is 1.67. The molecule has 1 aromatic heterocycles. The molecule has 8 heteroatoms. The van der Waals surface area contributed by atoms with Crippen LogP contribution in [0.25, 0.3) is 0 Å². The fourth-order valence-corrected chi connectivity index (χ4v) is 2.27.